The van der Waals surface area contributed by atoms with Crippen molar-refractivity contribution in [3.05, 3.63) is 23.2 Å². The monoisotopic (exact) mass is 216 g/mol. The molecule has 0 atom stereocenters. The van der Waals surface area contributed by atoms with Crippen molar-refractivity contribution in [2.45, 2.75) is 12.8 Å². The Hall–Kier alpha value is -0.960. The first-order valence-corrected chi connectivity index (χ1v) is 4.96. The van der Waals surface area contributed by atoms with Gasteiger partial charge in [0.2, 0.25) is 0 Å². The van der Waals surface area contributed by atoms with E-state index in [-0.39, 0.29) is 6.67 Å². The fourth-order valence-electron chi connectivity index (χ4n) is 1.14. The van der Waals surface area contributed by atoms with E-state index in [0.29, 0.717) is 17.1 Å². The summed E-state index contributed by atoms with van der Waals surface area (Å²) >= 11 is 5.74. The van der Waals surface area contributed by atoms with E-state index < -0.39 is 0 Å². The summed E-state index contributed by atoms with van der Waals surface area (Å²) in [5, 5.41) is 3.75. The minimum Gasteiger partial charge on any atom is -0.397 e. The van der Waals surface area contributed by atoms with Gasteiger partial charge in [0.25, 0.3) is 0 Å². The number of nitrogens with two attached hydrogens (primary N) is 1. The van der Waals surface area contributed by atoms with E-state index in [9.17, 15) is 4.39 Å². The molecule has 4 heteroatoms. The molecule has 0 unspecified atom stereocenters. The topological polar surface area (TPSA) is 38.0 Å². The molecule has 78 valence electrons. The summed E-state index contributed by atoms with van der Waals surface area (Å²) in [5.41, 5.74) is 7.19. The lowest BCUT2D eigenvalue weighted by atomic mass is 10.2. The fraction of sp³-hybridized carbons (Fsp3) is 0.400. The summed E-state index contributed by atoms with van der Waals surface area (Å²) in [7, 11) is 0. The maximum absolute atomic E-state index is 11.8. The molecule has 0 saturated heterocycles. The highest BCUT2D eigenvalue weighted by molar-refractivity contribution is 6.31. The zero-order chi connectivity index (χ0) is 10.4. The van der Waals surface area contributed by atoms with Crippen LogP contribution in [0.4, 0.5) is 15.8 Å². The van der Waals surface area contributed by atoms with E-state index in [1.807, 2.05) is 6.07 Å². The van der Waals surface area contributed by atoms with E-state index in [2.05, 4.69) is 5.32 Å². The Labute approximate surface area is 88.2 Å². The molecule has 0 saturated carbocycles. The second-order valence-electron chi connectivity index (χ2n) is 3.05. The van der Waals surface area contributed by atoms with Crippen molar-refractivity contribution in [1.82, 2.24) is 0 Å². The van der Waals surface area contributed by atoms with Crippen LogP contribution in [0.15, 0.2) is 18.2 Å². The zero-order valence-corrected chi connectivity index (χ0v) is 8.65. The third-order valence-electron chi connectivity index (χ3n) is 1.89. The van der Waals surface area contributed by atoms with Gasteiger partial charge in [-0.1, -0.05) is 11.6 Å². The molecule has 0 fully saturated rings. The lowest BCUT2D eigenvalue weighted by Gasteiger charge is -2.08. The van der Waals surface area contributed by atoms with Crippen molar-refractivity contribution in [1.29, 1.82) is 0 Å². The van der Waals surface area contributed by atoms with Gasteiger partial charge in [0.05, 0.1) is 18.0 Å². The minimum atomic E-state index is -0.266. The Morgan fingerprint density at radius 1 is 1.36 bits per heavy atom. The number of hydrogen-bond acceptors (Lipinski definition) is 2. The maximum Gasteiger partial charge on any atom is 0.0895 e. The molecule has 0 spiro atoms. The van der Waals surface area contributed by atoms with Gasteiger partial charge >= 0.3 is 0 Å². The van der Waals surface area contributed by atoms with Gasteiger partial charge in [0, 0.05) is 11.6 Å². The lowest BCUT2D eigenvalue weighted by molar-refractivity contribution is 0.466. The van der Waals surface area contributed by atoms with Crippen molar-refractivity contribution in [2.24, 2.45) is 0 Å². The van der Waals surface area contributed by atoms with Crippen LogP contribution in [0.2, 0.25) is 5.02 Å². The first-order valence-electron chi connectivity index (χ1n) is 4.59. The maximum atomic E-state index is 11.8. The third kappa shape index (κ3) is 3.42. The molecule has 2 nitrogen and oxygen atoms in total. The van der Waals surface area contributed by atoms with Crippen LogP contribution in [-0.2, 0) is 0 Å². The number of halogens is 2. The highest BCUT2D eigenvalue weighted by Crippen LogP contribution is 2.22. The predicted octanol–water partition coefficient (Wildman–Crippen LogP) is 3.08. The second kappa shape index (κ2) is 5.70. The minimum absolute atomic E-state index is 0.266. The van der Waals surface area contributed by atoms with Crippen LogP contribution in [0.5, 0.6) is 0 Å². The highest BCUT2D eigenvalue weighted by Gasteiger charge is 1.98. The Kier molecular flexibility index (Phi) is 4.53. The van der Waals surface area contributed by atoms with Gasteiger partial charge in [0.15, 0.2) is 0 Å². The third-order valence-corrected chi connectivity index (χ3v) is 2.12. The van der Waals surface area contributed by atoms with E-state index >= 15 is 0 Å². The van der Waals surface area contributed by atoms with Crippen molar-refractivity contribution in [3.63, 3.8) is 0 Å². The van der Waals surface area contributed by atoms with Gasteiger partial charge in [-0.2, -0.15) is 0 Å². The standard InChI is InChI=1S/C10H14ClFN2/c11-8-3-4-10(9(13)7-8)14-6-2-1-5-12/h3-4,7,14H,1-2,5-6,13H2. The molecule has 0 aliphatic rings. The van der Waals surface area contributed by atoms with Crippen LogP contribution in [-0.4, -0.2) is 13.2 Å². The van der Waals surface area contributed by atoms with Crippen molar-refractivity contribution >= 4 is 23.0 Å². The number of benzene rings is 1. The average Bonchev–Trinajstić information content (AvgIpc) is 2.15. The van der Waals surface area contributed by atoms with E-state index in [0.717, 1.165) is 18.7 Å². The normalized spacial score (nSPS) is 10.1. The SMILES string of the molecule is Nc1cc(Cl)ccc1NCCCCF. The van der Waals surface area contributed by atoms with Crippen LogP contribution in [0, 0.1) is 0 Å². The summed E-state index contributed by atoms with van der Waals surface area (Å²) in [5.74, 6) is 0. The molecule has 3 N–H and O–H groups in total. The van der Waals surface area contributed by atoms with E-state index in [1.165, 1.54) is 0 Å². The molecule has 14 heavy (non-hydrogen) atoms. The molecule has 0 aliphatic carbocycles. The second-order valence-corrected chi connectivity index (χ2v) is 3.49. The number of rotatable bonds is 5. The van der Waals surface area contributed by atoms with Gasteiger partial charge < -0.3 is 11.1 Å². The fourth-order valence-corrected chi connectivity index (χ4v) is 1.32. The van der Waals surface area contributed by atoms with E-state index in [4.69, 9.17) is 17.3 Å². The van der Waals surface area contributed by atoms with Crippen molar-refractivity contribution in [3.8, 4) is 0 Å². The smallest absolute Gasteiger partial charge is 0.0895 e. The molecule has 0 radical (unpaired) electrons. The number of unbranched alkanes of at least 4 members (excludes halogenated alkanes) is 1. The summed E-state index contributed by atoms with van der Waals surface area (Å²) in [6.45, 7) is 0.466. The number of hydrogen-bond donors (Lipinski definition) is 2. The van der Waals surface area contributed by atoms with Gasteiger partial charge in [-0.3, -0.25) is 4.39 Å². The van der Waals surface area contributed by atoms with Crippen LogP contribution >= 0.6 is 11.6 Å². The molecule has 0 aromatic heterocycles. The van der Waals surface area contributed by atoms with Gasteiger partial charge in [-0.05, 0) is 31.0 Å². The molecule has 0 heterocycles. The Morgan fingerprint density at radius 3 is 2.79 bits per heavy atom. The number of nitrogen functional groups attached to an aromatic ring is 1. The molecule has 0 amide bonds. The predicted molar refractivity (Wildman–Crippen MR) is 59.6 cm³/mol. The molecule has 1 rings (SSSR count). The summed E-state index contributed by atoms with van der Waals surface area (Å²) in [6.07, 6.45) is 1.39. The van der Waals surface area contributed by atoms with Crippen LogP contribution in [0.1, 0.15) is 12.8 Å². The number of alkyl halides is 1. The molecule has 0 aliphatic heterocycles. The molecular weight excluding hydrogens is 203 g/mol. The number of anilines is 2. The lowest BCUT2D eigenvalue weighted by Crippen LogP contribution is -2.04. The quantitative estimate of drug-likeness (QED) is 0.587. The number of nitrogens with one attached hydrogen (secondary N) is 1. The highest BCUT2D eigenvalue weighted by atomic mass is 35.5. The summed E-state index contributed by atoms with van der Waals surface area (Å²) in [4.78, 5) is 0. The van der Waals surface area contributed by atoms with Gasteiger partial charge in [0.1, 0.15) is 0 Å². The molecule has 1 aromatic carbocycles. The van der Waals surface area contributed by atoms with Crippen LogP contribution in [0.3, 0.4) is 0 Å². The zero-order valence-electron chi connectivity index (χ0n) is 7.89. The molecule has 0 bridgehead atoms. The van der Waals surface area contributed by atoms with E-state index in [1.54, 1.807) is 12.1 Å². The van der Waals surface area contributed by atoms with Crippen LogP contribution < -0.4 is 11.1 Å². The van der Waals surface area contributed by atoms with Gasteiger partial charge in [-0.15, -0.1) is 0 Å². The van der Waals surface area contributed by atoms with Crippen LogP contribution in [0.25, 0.3) is 0 Å². The first kappa shape index (κ1) is 11.1. The largest absolute Gasteiger partial charge is 0.397 e. The average molecular weight is 217 g/mol. The molecule has 1 aromatic rings. The Balaban J connectivity index is 2.42. The van der Waals surface area contributed by atoms with Gasteiger partial charge in [-0.25, -0.2) is 0 Å². The summed E-state index contributed by atoms with van der Waals surface area (Å²) < 4.78 is 11.8. The van der Waals surface area contributed by atoms with Crippen molar-refractivity contribution in [2.75, 3.05) is 24.3 Å². The molecular formula is C10H14ClFN2. The first-order chi connectivity index (χ1) is 6.74. The summed E-state index contributed by atoms with van der Waals surface area (Å²) in [6, 6.07) is 5.29. The Bertz CT molecular complexity index is 291. The Morgan fingerprint density at radius 2 is 2.14 bits per heavy atom. The van der Waals surface area contributed by atoms with Crippen molar-refractivity contribution < 1.29 is 4.39 Å².